The van der Waals surface area contributed by atoms with E-state index in [1.54, 1.807) is 12.3 Å². The number of anilines is 3. The van der Waals surface area contributed by atoms with Gasteiger partial charge in [-0.3, -0.25) is 4.98 Å². The number of hydrogen-bond donors (Lipinski definition) is 2. The monoisotopic (exact) mass is 457 g/mol. The Kier molecular flexibility index (Phi) is 3.99. The van der Waals surface area contributed by atoms with Crippen molar-refractivity contribution in [1.29, 1.82) is 0 Å². The van der Waals surface area contributed by atoms with Gasteiger partial charge in [-0.25, -0.2) is 4.39 Å². The van der Waals surface area contributed by atoms with Crippen LogP contribution in [0.25, 0.3) is 10.9 Å². The van der Waals surface area contributed by atoms with Crippen LogP contribution in [-0.2, 0) is 0 Å². The van der Waals surface area contributed by atoms with E-state index in [0.717, 1.165) is 30.3 Å². The summed E-state index contributed by atoms with van der Waals surface area (Å²) < 4.78 is 14.8. The van der Waals surface area contributed by atoms with Crippen LogP contribution in [0.3, 0.4) is 0 Å². The van der Waals surface area contributed by atoms with Gasteiger partial charge in [-0.1, -0.05) is 0 Å². The Labute approximate surface area is 143 Å². The van der Waals surface area contributed by atoms with Gasteiger partial charge in [0.1, 0.15) is 5.82 Å². The maximum atomic E-state index is 13.2. The van der Waals surface area contributed by atoms with E-state index in [2.05, 4.69) is 48.8 Å². The normalized spacial score (nSPS) is 10.8. The lowest BCUT2D eigenvalue weighted by atomic mass is 10.1. The van der Waals surface area contributed by atoms with Crippen LogP contribution in [-0.4, -0.2) is 4.98 Å². The van der Waals surface area contributed by atoms with E-state index in [1.807, 2.05) is 18.2 Å². The predicted octanol–water partition coefficient (Wildman–Crippen LogP) is 5.07. The molecular formula is C15H10BrFIN3. The molecule has 0 bridgehead atoms. The first kappa shape index (κ1) is 14.5. The summed E-state index contributed by atoms with van der Waals surface area (Å²) in [6, 6.07) is 10.2. The third-order valence-corrected chi connectivity index (χ3v) is 4.38. The molecule has 0 aliphatic heterocycles. The number of nitrogens with one attached hydrogen (secondary N) is 1. The van der Waals surface area contributed by atoms with Crippen molar-refractivity contribution in [2.45, 2.75) is 0 Å². The van der Waals surface area contributed by atoms with Gasteiger partial charge >= 0.3 is 0 Å². The summed E-state index contributed by atoms with van der Waals surface area (Å²) in [6.07, 6.45) is 1.72. The van der Waals surface area contributed by atoms with Gasteiger partial charge in [-0.2, -0.15) is 0 Å². The molecule has 0 saturated carbocycles. The van der Waals surface area contributed by atoms with Gasteiger partial charge in [-0.05, 0) is 74.9 Å². The van der Waals surface area contributed by atoms with Crippen molar-refractivity contribution in [2.24, 2.45) is 0 Å². The number of fused-ring (bicyclic) bond motifs is 1. The van der Waals surface area contributed by atoms with E-state index < -0.39 is 0 Å². The predicted molar refractivity (Wildman–Crippen MR) is 96.3 cm³/mol. The molecule has 2 aromatic carbocycles. The summed E-state index contributed by atoms with van der Waals surface area (Å²) in [5.41, 5.74) is 9.10. The van der Waals surface area contributed by atoms with Gasteiger partial charge in [0.15, 0.2) is 0 Å². The van der Waals surface area contributed by atoms with Crippen molar-refractivity contribution in [3.05, 3.63) is 56.5 Å². The molecule has 0 radical (unpaired) electrons. The first-order valence-corrected chi connectivity index (χ1v) is 7.97. The maximum Gasteiger partial charge on any atom is 0.124 e. The number of nitrogens with two attached hydrogens (primary N) is 1. The van der Waals surface area contributed by atoms with Crippen molar-refractivity contribution >= 4 is 66.5 Å². The van der Waals surface area contributed by atoms with E-state index in [4.69, 9.17) is 5.73 Å². The fourth-order valence-corrected chi connectivity index (χ4v) is 3.00. The Balaban J connectivity index is 2.11. The second-order valence-electron chi connectivity index (χ2n) is 4.50. The second-order valence-corrected chi connectivity index (χ2v) is 6.58. The summed E-state index contributed by atoms with van der Waals surface area (Å²) in [4.78, 5) is 4.42. The Bertz CT molecular complexity index is 839. The number of aromatic nitrogens is 1. The molecule has 0 amide bonds. The largest absolute Gasteiger partial charge is 0.398 e. The fourth-order valence-electron chi connectivity index (χ4n) is 2.05. The smallest absolute Gasteiger partial charge is 0.124 e. The molecule has 3 nitrogen and oxygen atoms in total. The van der Waals surface area contributed by atoms with Crippen molar-refractivity contribution in [3.63, 3.8) is 0 Å². The standard InChI is InChI=1S/C15H10BrFIN3/c16-8-5-10-12(19)2-4-14(15(10)20-7-8)21-13-3-1-9(17)6-11(13)18/h1-7,21H,19H2. The van der Waals surface area contributed by atoms with Gasteiger partial charge in [0, 0.05) is 25.3 Å². The summed E-state index contributed by atoms with van der Waals surface area (Å²) in [5.74, 6) is -0.255. The molecule has 3 N–H and O–H groups in total. The number of nitrogen functional groups attached to an aromatic ring is 1. The zero-order valence-corrected chi connectivity index (χ0v) is 14.4. The van der Waals surface area contributed by atoms with Crippen LogP contribution in [0.2, 0.25) is 0 Å². The summed E-state index contributed by atoms with van der Waals surface area (Å²) >= 11 is 5.49. The van der Waals surface area contributed by atoms with E-state index in [9.17, 15) is 4.39 Å². The van der Waals surface area contributed by atoms with Gasteiger partial charge in [-0.15, -0.1) is 0 Å². The number of hydrogen-bond acceptors (Lipinski definition) is 3. The first-order valence-electron chi connectivity index (χ1n) is 6.10. The SMILES string of the molecule is Nc1ccc(Nc2ccc(F)cc2I)c2ncc(Br)cc12. The lowest BCUT2D eigenvalue weighted by Crippen LogP contribution is -1.97. The molecule has 0 fully saturated rings. The van der Waals surface area contributed by atoms with Crippen LogP contribution in [0, 0.1) is 9.39 Å². The highest BCUT2D eigenvalue weighted by atomic mass is 127. The lowest BCUT2D eigenvalue weighted by Gasteiger charge is -2.12. The molecule has 0 aliphatic rings. The van der Waals surface area contributed by atoms with Gasteiger partial charge in [0.05, 0.1) is 16.9 Å². The topological polar surface area (TPSA) is 50.9 Å². The van der Waals surface area contributed by atoms with Crippen LogP contribution in [0.1, 0.15) is 0 Å². The Morgan fingerprint density at radius 2 is 1.90 bits per heavy atom. The molecule has 106 valence electrons. The minimum Gasteiger partial charge on any atom is -0.398 e. The fraction of sp³-hybridized carbons (Fsp3) is 0. The number of halogens is 3. The van der Waals surface area contributed by atoms with Crippen molar-refractivity contribution in [2.75, 3.05) is 11.1 Å². The quantitative estimate of drug-likeness (QED) is 0.417. The third kappa shape index (κ3) is 2.96. The van der Waals surface area contributed by atoms with Gasteiger partial charge in [0.2, 0.25) is 0 Å². The van der Waals surface area contributed by atoms with Crippen molar-refractivity contribution < 1.29 is 4.39 Å². The lowest BCUT2D eigenvalue weighted by molar-refractivity contribution is 0.627. The van der Waals surface area contributed by atoms with Crippen LogP contribution >= 0.6 is 38.5 Å². The molecule has 0 spiro atoms. The molecule has 1 aromatic heterocycles. The summed E-state index contributed by atoms with van der Waals surface area (Å²) in [5, 5.41) is 4.15. The zero-order valence-electron chi connectivity index (χ0n) is 10.7. The molecule has 0 atom stereocenters. The average molecular weight is 458 g/mol. The molecule has 0 aliphatic carbocycles. The minimum absolute atomic E-state index is 0.255. The third-order valence-electron chi connectivity index (χ3n) is 3.05. The molecule has 21 heavy (non-hydrogen) atoms. The summed E-state index contributed by atoms with van der Waals surface area (Å²) in [7, 11) is 0. The highest BCUT2D eigenvalue weighted by Crippen LogP contribution is 2.32. The average Bonchev–Trinajstić information content (AvgIpc) is 2.45. The number of nitrogens with zero attached hydrogens (tertiary/aromatic N) is 1. The molecule has 0 unspecified atom stereocenters. The van der Waals surface area contributed by atoms with Crippen molar-refractivity contribution in [3.8, 4) is 0 Å². The van der Waals surface area contributed by atoms with Gasteiger partial charge < -0.3 is 11.1 Å². The number of rotatable bonds is 2. The first-order chi connectivity index (χ1) is 10.0. The molecule has 3 rings (SSSR count). The Morgan fingerprint density at radius 3 is 2.67 bits per heavy atom. The highest BCUT2D eigenvalue weighted by Gasteiger charge is 2.08. The van der Waals surface area contributed by atoms with E-state index in [-0.39, 0.29) is 5.82 Å². The minimum atomic E-state index is -0.255. The second kappa shape index (κ2) is 5.76. The van der Waals surface area contributed by atoms with E-state index >= 15 is 0 Å². The Hall–Kier alpha value is -1.41. The van der Waals surface area contributed by atoms with Crippen molar-refractivity contribution in [1.82, 2.24) is 4.98 Å². The molecular weight excluding hydrogens is 448 g/mol. The summed E-state index contributed by atoms with van der Waals surface area (Å²) in [6.45, 7) is 0. The molecule has 3 aromatic rings. The van der Waals surface area contributed by atoms with E-state index in [1.165, 1.54) is 12.1 Å². The highest BCUT2D eigenvalue weighted by molar-refractivity contribution is 14.1. The van der Waals surface area contributed by atoms with Crippen LogP contribution in [0.15, 0.2) is 47.1 Å². The van der Waals surface area contributed by atoms with Crippen LogP contribution in [0.5, 0.6) is 0 Å². The number of benzene rings is 2. The van der Waals surface area contributed by atoms with Gasteiger partial charge in [0.25, 0.3) is 0 Å². The van der Waals surface area contributed by atoms with E-state index in [0.29, 0.717) is 5.69 Å². The maximum absolute atomic E-state index is 13.2. The Morgan fingerprint density at radius 1 is 1.14 bits per heavy atom. The van der Waals surface area contributed by atoms with Crippen LogP contribution < -0.4 is 11.1 Å². The molecule has 1 heterocycles. The van der Waals surface area contributed by atoms with Crippen LogP contribution in [0.4, 0.5) is 21.5 Å². The molecule has 6 heteroatoms. The molecule has 0 saturated heterocycles. The zero-order chi connectivity index (χ0) is 15.0. The number of pyridine rings is 1.